The van der Waals surface area contributed by atoms with Crippen LogP contribution in [0.15, 0.2) is 79.0 Å². The second-order valence-corrected chi connectivity index (χ2v) is 8.30. The van der Waals surface area contributed by atoms with Crippen molar-refractivity contribution in [3.63, 3.8) is 0 Å². The lowest BCUT2D eigenvalue weighted by molar-refractivity contribution is -0.139. The molecule has 31 heavy (non-hydrogen) atoms. The Balaban J connectivity index is 1.49. The lowest BCUT2D eigenvalue weighted by Gasteiger charge is -2.41. The van der Waals surface area contributed by atoms with Gasteiger partial charge in [0.15, 0.2) is 0 Å². The van der Waals surface area contributed by atoms with Gasteiger partial charge in [-0.25, -0.2) is 0 Å². The minimum absolute atomic E-state index is 0.0107. The molecular weight excluding hydrogens is 386 g/mol. The predicted molar refractivity (Wildman–Crippen MR) is 121 cm³/mol. The van der Waals surface area contributed by atoms with Crippen LogP contribution in [0.4, 0.5) is 0 Å². The molecule has 2 N–H and O–H groups in total. The molecule has 1 aliphatic heterocycles. The van der Waals surface area contributed by atoms with Crippen molar-refractivity contribution >= 4 is 11.8 Å². The van der Waals surface area contributed by atoms with Crippen LogP contribution in [-0.4, -0.2) is 34.8 Å². The first kappa shape index (κ1) is 20.8. The van der Waals surface area contributed by atoms with Gasteiger partial charge in [-0.1, -0.05) is 60.7 Å². The van der Waals surface area contributed by atoms with Crippen LogP contribution in [0.2, 0.25) is 0 Å². The van der Waals surface area contributed by atoms with Crippen LogP contribution in [0, 0.1) is 5.41 Å². The molecule has 0 bridgehead atoms. The van der Waals surface area contributed by atoms with Gasteiger partial charge in [0.05, 0.1) is 11.8 Å². The predicted octanol–water partition coefficient (Wildman–Crippen LogP) is 3.63. The van der Waals surface area contributed by atoms with E-state index < -0.39 is 5.41 Å². The minimum Gasteiger partial charge on any atom is -0.369 e. The number of likely N-dealkylation sites (tertiary alicyclic amines) is 1. The number of amides is 2. The maximum absolute atomic E-state index is 12.9. The molecule has 1 atom stereocenters. The quantitative estimate of drug-likeness (QED) is 0.670. The average Bonchev–Trinajstić information content (AvgIpc) is 2.81. The number of benzene rings is 2. The van der Waals surface area contributed by atoms with Gasteiger partial charge in [0, 0.05) is 25.0 Å². The third kappa shape index (κ3) is 4.82. The molecule has 1 saturated heterocycles. The van der Waals surface area contributed by atoms with Crippen LogP contribution < -0.4 is 5.73 Å². The second kappa shape index (κ2) is 9.13. The SMILES string of the molecule is NC(=O)C1(Cc2ccc(-c3ccccc3)cc2)CCCN(C(=O)Cc2ccccn2)C1. The molecule has 2 aromatic carbocycles. The highest BCUT2D eigenvalue weighted by atomic mass is 16.2. The molecular formula is C26H27N3O2. The van der Waals surface area contributed by atoms with E-state index >= 15 is 0 Å². The molecule has 2 heterocycles. The van der Waals surface area contributed by atoms with Crippen LogP contribution in [0.5, 0.6) is 0 Å². The molecule has 0 aliphatic carbocycles. The van der Waals surface area contributed by atoms with Gasteiger partial charge in [-0.05, 0) is 48.1 Å². The maximum Gasteiger partial charge on any atom is 0.228 e. The van der Waals surface area contributed by atoms with Gasteiger partial charge in [0.2, 0.25) is 11.8 Å². The zero-order chi connectivity index (χ0) is 21.7. The highest BCUT2D eigenvalue weighted by Gasteiger charge is 2.42. The van der Waals surface area contributed by atoms with Gasteiger partial charge >= 0.3 is 0 Å². The Morgan fingerprint density at radius 3 is 2.32 bits per heavy atom. The molecule has 0 radical (unpaired) electrons. The third-order valence-electron chi connectivity index (χ3n) is 6.11. The zero-order valence-corrected chi connectivity index (χ0v) is 17.5. The summed E-state index contributed by atoms with van der Waals surface area (Å²) in [6, 6.07) is 24.0. The van der Waals surface area contributed by atoms with Crippen molar-refractivity contribution in [3.05, 3.63) is 90.3 Å². The molecule has 158 valence electrons. The Kier molecular flexibility index (Phi) is 6.12. The summed E-state index contributed by atoms with van der Waals surface area (Å²) in [6.45, 7) is 1.00. The van der Waals surface area contributed by atoms with E-state index in [0.717, 1.165) is 28.8 Å². The van der Waals surface area contributed by atoms with Crippen molar-refractivity contribution in [1.82, 2.24) is 9.88 Å². The van der Waals surface area contributed by atoms with Gasteiger partial charge in [-0.15, -0.1) is 0 Å². The van der Waals surface area contributed by atoms with Crippen LogP contribution in [0.3, 0.4) is 0 Å². The van der Waals surface area contributed by atoms with E-state index in [2.05, 4.69) is 41.4 Å². The molecule has 1 aromatic heterocycles. The number of nitrogens with zero attached hydrogens (tertiary/aromatic N) is 2. The summed E-state index contributed by atoms with van der Waals surface area (Å²) in [5, 5.41) is 0. The molecule has 0 saturated carbocycles. The second-order valence-electron chi connectivity index (χ2n) is 8.30. The van der Waals surface area contributed by atoms with Crippen molar-refractivity contribution in [2.45, 2.75) is 25.7 Å². The zero-order valence-electron chi connectivity index (χ0n) is 17.5. The fourth-order valence-electron chi connectivity index (χ4n) is 4.38. The van der Waals surface area contributed by atoms with E-state index in [-0.39, 0.29) is 18.2 Å². The summed E-state index contributed by atoms with van der Waals surface area (Å²) in [6.07, 6.45) is 3.91. The number of primary amides is 1. The maximum atomic E-state index is 12.9. The highest BCUT2D eigenvalue weighted by molar-refractivity contribution is 5.84. The van der Waals surface area contributed by atoms with E-state index in [1.54, 1.807) is 11.1 Å². The van der Waals surface area contributed by atoms with Gasteiger partial charge < -0.3 is 10.6 Å². The lowest BCUT2D eigenvalue weighted by Crippen LogP contribution is -2.53. The standard InChI is InChI=1S/C26H27N3O2/c27-25(31)26(18-20-10-12-22(13-11-20)21-7-2-1-3-8-21)14-6-16-29(19-26)24(30)17-23-9-4-5-15-28-23/h1-5,7-13,15H,6,14,16-19H2,(H2,27,31). The van der Waals surface area contributed by atoms with Gasteiger partial charge in [-0.3, -0.25) is 14.6 Å². The monoisotopic (exact) mass is 413 g/mol. The largest absolute Gasteiger partial charge is 0.369 e. The van der Waals surface area contributed by atoms with Crippen molar-refractivity contribution in [2.75, 3.05) is 13.1 Å². The number of rotatable bonds is 6. The number of hydrogen-bond acceptors (Lipinski definition) is 3. The highest BCUT2D eigenvalue weighted by Crippen LogP contribution is 2.34. The molecule has 1 aliphatic rings. The van der Waals surface area contributed by atoms with Crippen LogP contribution in [-0.2, 0) is 22.4 Å². The Morgan fingerprint density at radius 2 is 1.65 bits per heavy atom. The van der Waals surface area contributed by atoms with Crippen molar-refractivity contribution in [2.24, 2.45) is 11.1 Å². The first-order valence-corrected chi connectivity index (χ1v) is 10.7. The van der Waals surface area contributed by atoms with Gasteiger partial charge in [-0.2, -0.15) is 0 Å². The summed E-state index contributed by atoms with van der Waals surface area (Å²) in [5.74, 6) is -0.349. The Bertz CT molecular complexity index is 1040. The molecule has 5 nitrogen and oxygen atoms in total. The van der Waals surface area contributed by atoms with Gasteiger partial charge in [0.1, 0.15) is 0 Å². The van der Waals surface area contributed by atoms with E-state index in [1.165, 1.54) is 0 Å². The third-order valence-corrected chi connectivity index (χ3v) is 6.11. The van der Waals surface area contributed by atoms with E-state index in [1.807, 2.05) is 36.4 Å². The number of carbonyl (C=O) groups is 2. The van der Waals surface area contributed by atoms with Crippen LogP contribution >= 0.6 is 0 Å². The minimum atomic E-state index is -0.744. The van der Waals surface area contributed by atoms with E-state index in [4.69, 9.17) is 5.73 Å². The van der Waals surface area contributed by atoms with E-state index in [0.29, 0.717) is 25.9 Å². The number of aromatic nitrogens is 1. The molecule has 1 unspecified atom stereocenters. The molecule has 0 spiro atoms. The molecule has 4 rings (SSSR count). The van der Waals surface area contributed by atoms with Crippen molar-refractivity contribution in [1.29, 1.82) is 0 Å². The van der Waals surface area contributed by atoms with Crippen LogP contribution in [0.1, 0.15) is 24.1 Å². The topological polar surface area (TPSA) is 76.3 Å². The number of carbonyl (C=O) groups excluding carboxylic acids is 2. The number of piperidine rings is 1. The first-order chi connectivity index (χ1) is 15.1. The smallest absolute Gasteiger partial charge is 0.228 e. The summed E-state index contributed by atoms with van der Waals surface area (Å²) < 4.78 is 0. The number of hydrogen-bond donors (Lipinski definition) is 1. The Morgan fingerprint density at radius 1 is 0.935 bits per heavy atom. The van der Waals surface area contributed by atoms with Crippen molar-refractivity contribution in [3.8, 4) is 11.1 Å². The summed E-state index contributed by atoms with van der Waals surface area (Å²) in [7, 11) is 0. The van der Waals surface area contributed by atoms with Gasteiger partial charge in [0.25, 0.3) is 0 Å². The Hall–Kier alpha value is -3.47. The number of nitrogens with two attached hydrogens (primary N) is 1. The fraction of sp³-hybridized carbons (Fsp3) is 0.269. The van der Waals surface area contributed by atoms with Crippen molar-refractivity contribution < 1.29 is 9.59 Å². The summed E-state index contributed by atoms with van der Waals surface area (Å²) in [5.41, 5.74) is 9.23. The van der Waals surface area contributed by atoms with E-state index in [9.17, 15) is 9.59 Å². The molecule has 3 aromatic rings. The number of pyridine rings is 1. The van der Waals surface area contributed by atoms with Crippen LogP contribution in [0.25, 0.3) is 11.1 Å². The molecule has 5 heteroatoms. The fourth-order valence-corrected chi connectivity index (χ4v) is 4.38. The summed E-state index contributed by atoms with van der Waals surface area (Å²) >= 11 is 0. The molecule has 2 amide bonds. The normalized spacial score (nSPS) is 18.5. The first-order valence-electron chi connectivity index (χ1n) is 10.7. The average molecular weight is 414 g/mol. The lowest BCUT2D eigenvalue weighted by atomic mass is 9.74. The summed E-state index contributed by atoms with van der Waals surface area (Å²) in [4.78, 5) is 31.5. The molecule has 1 fully saturated rings. The Labute approximate surface area is 182 Å².